The van der Waals surface area contributed by atoms with E-state index in [0.29, 0.717) is 5.56 Å². The lowest BCUT2D eigenvalue weighted by atomic mass is 10.1. The third kappa shape index (κ3) is 2.88. The van der Waals surface area contributed by atoms with Crippen LogP contribution in [0.25, 0.3) is 0 Å². The number of carbonyl (C=O) groups excluding carboxylic acids is 1. The van der Waals surface area contributed by atoms with Crippen molar-refractivity contribution < 1.29 is 19.6 Å². The van der Waals surface area contributed by atoms with Gasteiger partial charge in [-0.2, -0.15) is 0 Å². The summed E-state index contributed by atoms with van der Waals surface area (Å²) in [6.07, 6.45) is -0.178. The molecule has 16 heavy (non-hydrogen) atoms. The summed E-state index contributed by atoms with van der Waals surface area (Å²) in [7, 11) is 0. The molecule has 1 N–H and O–H groups in total. The molecule has 0 unspecified atom stereocenters. The van der Waals surface area contributed by atoms with Gasteiger partial charge in [0, 0.05) is 18.1 Å². The van der Waals surface area contributed by atoms with Crippen LogP contribution in [0.15, 0.2) is 24.3 Å². The fraction of sp³-hybridized carbons (Fsp3) is 0.200. The second-order valence-electron chi connectivity index (χ2n) is 3.11. The van der Waals surface area contributed by atoms with Gasteiger partial charge in [-0.15, -0.1) is 0 Å². The van der Waals surface area contributed by atoms with Crippen LogP contribution >= 0.6 is 0 Å². The Balaban J connectivity index is 2.78. The first-order valence-electron chi connectivity index (χ1n) is 4.51. The van der Waals surface area contributed by atoms with Crippen molar-refractivity contribution in [2.24, 2.45) is 0 Å². The largest absolute Gasteiger partial charge is 0.476 e. The summed E-state index contributed by atoms with van der Waals surface area (Å²) in [5, 5.41) is 19.0. The minimum absolute atomic E-state index is 0.0578. The zero-order chi connectivity index (χ0) is 12.1. The van der Waals surface area contributed by atoms with Crippen molar-refractivity contribution in [2.45, 2.75) is 12.8 Å². The lowest BCUT2D eigenvalue weighted by molar-refractivity contribution is -0.385. The van der Waals surface area contributed by atoms with E-state index in [1.807, 2.05) is 0 Å². The van der Waals surface area contributed by atoms with Crippen molar-refractivity contribution in [1.82, 2.24) is 0 Å². The number of benzene rings is 1. The molecule has 0 amide bonds. The molecule has 0 aliphatic carbocycles. The standard InChI is InChI=1S/C10H9NO5/c12-9(10(13)14)6-5-7-3-1-2-4-8(7)11(15)16/h1-4H,5-6H2,(H,13,14). The maximum atomic E-state index is 10.8. The first kappa shape index (κ1) is 11.8. The van der Waals surface area contributed by atoms with Gasteiger partial charge in [-0.05, 0) is 6.42 Å². The van der Waals surface area contributed by atoms with Crippen molar-refractivity contribution >= 4 is 17.4 Å². The summed E-state index contributed by atoms with van der Waals surface area (Å²) in [4.78, 5) is 31.1. The molecular formula is C10H9NO5. The van der Waals surface area contributed by atoms with E-state index in [1.54, 1.807) is 6.07 Å². The summed E-state index contributed by atoms with van der Waals surface area (Å²) in [5.74, 6) is -2.46. The minimum Gasteiger partial charge on any atom is -0.476 e. The molecule has 6 heteroatoms. The maximum Gasteiger partial charge on any atom is 0.372 e. The van der Waals surface area contributed by atoms with Gasteiger partial charge in [0.15, 0.2) is 0 Å². The van der Waals surface area contributed by atoms with Gasteiger partial charge in [0.2, 0.25) is 5.78 Å². The second-order valence-corrected chi connectivity index (χ2v) is 3.11. The number of hydrogen-bond donors (Lipinski definition) is 1. The number of nitrogens with zero attached hydrogens (tertiary/aromatic N) is 1. The Labute approximate surface area is 90.7 Å². The van der Waals surface area contributed by atoms with Crippen molar-refractivity contribution in [3.8, 4) is 0 Å². The van der Waals surface area contributed by atoms with Crippen LogP contribution in [0, 0.1) is 10.1 Å². The van der Waals surface area contributed by atoms with E-state index >= 15 is 0 Å². The number of nitro benzene ring substituents is 1. The van der Waals surface area contributed by atoms with Gasteiger partial charge < -0.3 is 5.11 Å². The van der Waals surface area contributed by atoms with E-state index in [1.165, 1.54) is 18.2 Å². The number of rotatable bonds is 5. The van der Waals surface area contributed by atoms with E-state index in [4.69, 9.17) is 5.11 Å². The quantitative estimate of drug-likeness (QED) is 0.459. The Morgan fingerprint density at radius 3 is 2.50 bits per heavy atom. The SMILES string of the molecule is O=C(O)C(=O)CCc1ccccc1[N+](=O)[O-]. The average molecular weight is 223 g/mol. The molecule has 6 nitrogen and oxygen atoms in total. The predicted octanol–water partition coefficient (Wildman–Crippen LogP) is 1.18. The predicted molar refractivity (Wildman–Crippen MR) is 54.1 cm³/mol. The molecule has 1 aromatic carbocycles. The van der Waals surface area contributed by atoms with Crippen LogP contribution in [0.4, 0.5) is 5.69 Å². The van der Waals surface area contributed by atoms with Crippen molar-refractivity contribution in [2.75, 3.05) is 0 Å². The highest BCUT2D eigenvalue weighted by molar-refractivity contribution is 6.32. The van der Waals surface area contributed by atoms with Gasteiger partial charge >= 0.3 is 5.97 Å². The van der Waals surface area contributed by atoms with Crippen LogP contribution in [0.2, 0.25) is 0 Å². The normalized spacial score (nSPS) is 9.75. The summed E-state index contributed by atoms with van der Waals surface area (Å²) in [5.41, 5.74) is 0.266. The Kier molecular flexibility index (Phi) is 3.71. The number of carbonyl (C=O) groups is 2. The molecule has 0 aliphatic heterocycles. The summed E-state index contributed by atoms with van der Waals surface area (Å²) in [6, 6.07) is 5.95. The Hall–Kier alpha value is -2.24. The van der Waals surface area contributed by atoms with Gasteiger partial charge in [0.25, 0.3) is 5.69 Å². The smallest absolute Gasteiger partial charge is 0.372 e. The van der Waals surface area contributed by atoms with E-state index in [0.717, 1.165) is 0 Å². The zero-order valence-electron chi connectivity index (χ0n) is 8.25. The molecule has 0 saturated carbocycles. The number of aryl methyl sites for hydroxylation is 1. The monoisotopic (exact) mass is 223 g/mol. The Morgan fingerprint density at radius 2 is 1.94 bits per heavy atom. The number of para-hydroxylation sites is 1. The van der Waals surface area contributed by atoms with Gasteiger partial charge in [-0.25, -0.2) is 4.79 Å². The summed E-state index contributed by atoms with van der Waals surface area (Å²) in [6.45, 7) is 0. The highest BCUT2D eigenvalue weighted by Crippen LogP contribution is 2.19. The third-order valence-corrected chi connectivity index (χ3v) is 2.05. The highest BCUT2D eigenvalue weighted by Gasteiger charge is 2.16. The minimum atomic E-state index is -1.52. The van der Waals surface area contributed by atoms with Crippen LogP contribution in [0.1, 0.15) is 12.0 Å². The molecule has 1 rings (SSSR count). The van der Waals surface area contributed by atoms with E-state index in [2.05, 4.69) is 0 Å². The molecule has 0 fully saturated rings. The van der Waals surface area contributed by atoms with Crippen LogP contribution in [-0.2, 0) is 16.0 Å². The zero-order valence-corrected chi connectivity index (χ0v) is 8.25. The van der Waals surface area contributed by atoms with Crippen LogP contribution in [-0.4, -0.2) is 21.8 Å². The number of aliphatic carboxylic acids is 1. The molecule has 0 aliphatic rings. The van der Waals surface area contributed by atoms with Crippen LogP contribution in [0.3, 0.4) is 0 Å². The third-order valence-electron chi connectivity index (χ3n) is 2.05. The fourth-order valence-corrected chi connectivity index (χ4v) is 1.26. The lowest BCUT2D eigenvalue weighted by Gasteiger charge is -2.00. The lowest BCUT2D eigenvalue weighted by Crippen LogP contribution is -2.13. The molecule has 0 heterocycles. The Morgan fingerprint density at radius 1 is 1.31 bits per heavy atom. The molecule has 0 bridgehead atoms. The molecule has 0 saturated heterocycles. The van der Waals surface area contributed by atoms with E-state index in [9.17, 15) is 19.7 Å². The van der Waals surface area contributed by atoms with Gasteiger partial charge in [0.05, 0.1) is 4.92 Å². The summed E-state index contributed by atoms with van der Waals surface area (Å²) < 4.78 is 0. The average Bonchev–Trinajstić information content (AvgIpc) is 2.25. The van der Waals surface area contributed by atoms with E-state index in [-0.39, 0.29) is 18.5 Å². The number of Topliss-reactive ketones (excluding diaryl/α,β-unsaturated/α-hetero) is 1. The van der Waals surface area contributed by atoms with E-state index < -0.39 is 16.7 Å². The Bertz CT molecular complexity index is 441. The topological polar surface area (TPSA) is 97.5 Å². The molecule has 0 radical (unpaired) electrons. The fourth-order valence-electron chi connectivity index (χ4n) is 1.26. The molecule has 0 spiro atoms. The molecular weight excluding hydrogens is 214 g/mol. The first-order valence-corrected chi connectivity index (χ1v) is 4.51. The van der Waals surface area contributed by atoms with Gasteiger partial charge in [0.1, 0.15) is 0 Å². The molecule has 84 valence electrons. The number of hydrogen-bond acceptors (Lipinski definition) is 4. The number of ketones is 1. The highest BCUT2D eigenvalue weighted by atomic mass is 16.6. The number of carboxylic acids is 1. The second kappa shape index (κ2) is 5.01. The number of carboxylic acid groups (broad SMARTS) is 1. The van der Waals surface area contributed by atoms with Crippen LogP contribution < -0.4 is 0 Å². The molecule has 0 aromatic heterocycles. The van der Waals surface area contributed by atoms with Crippen molar-refractivity contribution in [3.63, 3.8) is 0 Å². The van der Waals surface area contributed by atoms with Gasteiger partial charge in [-0.1, -0.05) is 18.2 Å². The maximum absolute atomic E-state index is 10.8. The van der Waals surface area contributed by atoms with Crippen molar-refractivity contribution in [3.05, 3.63) is 39.9 Å². The van der Waals surface area contributed by atoms with Crippen LogP contribution in [0.5, 0.6) is 0 Å². The first-order chi connectivity index (χ1) is 7.52. The summed E-state index contributed by atoms with van der Waals surface area (Å²) >= 11 is 0. The molecule has 1 aromatic rings. The van der Waals surface area contributed by atoms with Gasteiger partial charge in [-0.3, -0.25) is 14.9 Å². The molecule has 0 atom stereocenters. The van der Waals surface area contributed by atoms with Crippen molar-refractivity contribution in [1.29, 1.82) is 0 Å². The number of nitro groups is 1.